The molecule has 0 aliphatic rings. The number of ketones is 1. The zero-order valence-corrected chi connectivity index (χ0v) is 9.32. The van der Waals surface area contributed by atoms with Crippen molar-refractivity contribution in [3.05, 3.63) is 41.5 Å². The lowest BCUT2D eigenvalue weighted by Crippen LogP contribution is -2.12. The third-order valence-electron chi connectivity index (χ3n) is 2.05. The summed E-state index contributed by atoms with van der Waals surface area (Å²) < 4.78 is 40.9. The van der Waals surface area contributed by atoms with Gasteiger partial charge in [-0.05, 0) is 23.8 Å². The number of halogens is 3. The second-order valence-electron chi connectivity index (χ2n) is 3.31. The quantitative estimate of drug-likeness (QED) is 0.475. The van der Waals surface area contributed by atoms with Crippen LogP contribution in [0.3, 0.4) is 0 Å². The maximum absolute atomic E-state index is 12.3. The Kier molecular flexibility index (Phi) is 4.25. The molecule has 1 rings (SSSR count). The van der Waals surface area contributed by atoms with Gasteiger partial charge in [-0.25, -0.2) is 4.79 Å². The molecule has 0 heterocycles. The van der Waals surface area contributed by atoms with Crippen molar-refractivity contribution in [2.75, 3.05) is 7.11 Å². The van der Waals surface area contributed by atoms with Crippen LogP contribution in [0, 0.1) is 0 Å². The van der Waals surface area contributed by atoms with E-state index in [0.29, 0.717) is 5.56 Å². The van der Waals surface area contributed by atoms with Crippen LogP contribution in [0.4, 0.5) is 13.2 Å². The minimum atomic E-state index is -4.40. The molecule has 0 saturated carbocycles. The summed E-state index contributed by atoms with van der Waals surface area (Å²) in [5, 5.41) is 0. The highest BCUT2D eigenvalue weighted by Gasteiger charge is 2.29. The van der Waals surface area contributed by atoms with E-state index in [-0.39, 0.29) is 0 Å². The molecular formula is C12H9F3O3. The molecule has 0 fully saturated rings. The molecular weight excluding hydrogens is 249 g/mol. The second-order valence-corrected chi connectivity index (χ2v) is 3.31. The lowest BCUT2D eigenvalue weighted by atomic mass is 10.1. The highest BCUT2D eigenvalue weighted by Crippen LogP contribution is 2.29. The predicted molar refractivity (Wildman–Crippen MR) is 57.5 cm³/mol. The molecule has 0 N–H and O–H groups in total. The summed E-state index contributed by atoms with van der Waals surface area (Å²) in [5.41, 5.74) is -0.404. The van der Waals surface area contributed by atoms with Crippen LogP contribution in [0.15, 0.2) is 30.3 Å². The lowest BCUT2D eigenvalue weighted by molar-refractivity contribution is -0.149. The van der Waals surface area contributed by atoms with Crippen molar-refractivity contribution >= 4 is 17.8 Å². The number of rotatable bonds is 3. The zero-order valence-electron chi connectivity index (χ0n) is 9.32. The minimum absolute atomic E-state index is 0.375. The molecule has 0 atom stereocenters. The Morgan fingerprint density at radius 1 is 1.17 bits per heavy atom. The van der Waals surface area contributed by atoms with Crippen molar-refractivity contribution < 1.29 is 27.5 Å². The summed E-state index contributed by atoms with van der Waals surface area (Å²) in [6.45, 7) is 0. The number of carbonyl (C=O) groups is 2. The number of carbonyl (C=O) groups excluding carboxylic acids is 2. The summed E-state index contributed by atoms with van der Waals surface area (Å²) in [5.74, 6) is -1.91. The van der Waals surface area contributed by atoms with Gasteiger partial charge in [-0.2, -0.15) is 13.2 Å². The largest absolute Gasteiger partial charge is 0.463 e. The van der Waals surface area contributed by atoms with Gasteiger partial charge in [0.1, 0.15) is 0 Å². The van der Waals surface area contributed by atoms with Gasteiger partial charge in [-0.3, -0.25) is 4.79 Å². The van der Waals surface area contributed by atoms with E-state index in [2.05, 4.69) is 4.74 Å². The van der Waals surface area contributed by atoms with Gasteiger partial charge in [0.05, 0.1) is 12.7 Å². The maximum Gasteiger partial charge on any atom is 0.416 e. The maximum atomic E-state index is 12.3. The van der Waals surface area contributed by atoms with E-state index in [0.717, 1.165) is 25.3 Å². The van der Waals surface area contributed by atoms with E-state index in [1.54, 1.807) is 0 Å². The van der Waals surface area contributed by atoms with Gasteiger partial charge in [0.25, 0.3) is 5.78 Å². The van der Waals surface area contributed by atoms with Gasteiger partial charge in [-0.1, -0.05) is 18.2 Å². The summed E-state index contributed by atoms with van der Waals surface area (Å²) >= 11 is 0. The van der Waals surface area contributed by atoms with Crippen molar-refractivity contribution in [3.8, 4) is 0 Å². The number of methoxy groups -OCH3 is 1. The molecule has 3 nitrogen and oxygen atoms in total. The summed E-state index contributed by atoms with van der Waals surface area (Å²) in [4.78, 5) is 21.8. The minimum Gasteiger partial charge on any atom is -0.463 e. The van der Waals surface area contributed by atoms with E-state index in [1.165, 1.54) is 18.2 Å². The molecule has 6 heteroatoms. The fourth-order valence-electron chi connectivity index (χ4n) is 1.12. The smallest absolute Gasteiger partial charge is 0.416 e. The van der Waals surface area contributed by atoms with E-state index in [9.17, 15) is 22.8 Å². The van der Waals surface area contributed by atoms with Crippen molar-refractivity contribution in [2.45, 2.75) is 6.18 Å². The van der Waals surface area contributed by atoms with Gasteiger partial charge in [0.2, 0.25) is 0 Å². The summed E-state index contributed by atoms with van der Waals surface area (Å²) in [6, 6.07) is 4.18. The number of esters is 1. The van der Waals surface area contributed by atoms with Crippen LogP contribution in [0.2, 0.25) is 0 Å². The first-order valence-electron chi connectivity index (χ1n) is 4.82. The van der Waals surface area contributed by atoms with E-state index >= 15 is 0 Å². The molecule has 1 aromatic carbocycles. The number of hydrogen-bond acceptors (Lipinski definition) is 3. The Hall–Kier alpha value is -2.11. The first-order chi connectivity index (χ1) is 8.34. The SMILES string of the molecule is COC(=O)C(=O)C=Cc1ccc(C(F)(F)F)cc1. The van der Waals surface area contributed by atoms with Crippen LogP contribution in [-0.2, 0) is 20.5 Å². The fourth-order valence-corrected chi connectivity index (χ4v) is 1.12. The van der Waals surface area contributed by atoms with Gasteiger partial charge in [0, 0.05) is 0 Å². The highest BCUT2D eigenvalue weighted by molar-refractivity contribution is 6.39. The standard InChI is InChI=1S/C12H9F3O3/c1-18-11(17)10(16)7-4-8-2-5-9(6-3-8)12(13,14)15/h2-7H,1H3. The number of alkyl halides is 3. The number of ether oxygens (including phenoxy) is 1. The monoisotopic (exact) mass is 258 g/mol. The molecule has 0 amide bonds. The van der Waals surface area contributed by atoms with Gasteiger partial charge < -0.3 is 4.74 Å². The molecule has 0 radical (unpaired) electrons. The topological polar surface area (TPSA) is 43.4 Å². The molecule has 0 saturated heterocycles. The Morgan fingerprint density at radius 2 is 1.72 bits per heavy atom. The lowest BCUT2D eigenvalue weighted by Gasteiger charge is -2.05. The third-order valence-corrected chi connectivity index (χ3v) is 2.05. The van der Waals surface area contributed by atoms with E-state index in [4.69, 9.17) is 0 Å². The van der Waals surface area contributed by atoms with E-state index < -0.39 is 23.5 Å². The van der Waals surface area contributed by atoms with Crippen LogP contribution in [0.1, 0.15) is 11.1 Å². The normalized spacial score (nSPS) is 11.6. The molecule has 0 aromatic heterocycles. The van der Waals surface area contributed by atoms with Crippen molar-refractivity contribution in [2.24, 2.45) is 0 Å². The molecule has 0 bridgehead atoms. The Morgan fingerprint density at radius 3 is 2.17 bits per heavy atom. The Labute approximate surface area is 101 Å². The van der Waals surface area contributed by atoms with Crippen LogP contribution >= 0.6 is 0 Å². The van der Waals surface area contributed by atoms with Gasteiger partial charge in [0.15, 0.2) is 0 Å². The number of hydrogen-bond donors (Lipinski definition) is 0. The van der Waals surface area contributed by atoms with Crippen LogP contribution < -0.4 is 0 Å². The Balaban J connectivity index is 2.79. The first-order valence-corrected chi connectivity index (χ1v) is 4.82. The van der Waals surface area contributed by atoms with Crippen molar-refractivity contribution in [3.63, 3.8) is 0 Å². The zero-order chi connectivity index (χ0) is 13.8. The van der Waals surface area contributed by atoms with Crippen LogP contribution in [0.5, 0.6) is 0 Å². The van der Waals surface area contributed by atoms with Crippen LogP contribution in [0.25, 0.3) is 6.08 Å². The van der Waals surface area contributed by atoms with Gasteiger partial charge >= 0.3 is 12.1 Å². The first kappa shape index (κ1) is 14.0. The second kappa shape index (κ2) is 5.48. The molecule has 0 unspecified atom stereocenters. The predicted octanol–water partition coefficient (Wildman–Crippen LogP) is 2.46. The Bertz CT molecular complexity index is 472. The summed E-state index contributed by atoms with van der Waals surface area (Å²) in [7, 11) is 1.06. The molecule has 0 spiro atoms. The highest BCUT2D eigenvalue weighted by atomic mass is 19.4. The van der Waals surface area contributed by atoms with Gasteiger partial charge in [-0.15, -0.1) is 0 Å². The average molecular weight is 258 g/mol. The average Bonchev–Trinajstić information content (AvgIpc) is 2.34. The molecule has 96 valence electrons. The van der Waals surface area contributed by atoms with Crippen molar-refractivity contribution in [1.82, 2.24) is 0 Å². The van der Waals surface area contributed by atoms with Crippen molar-refractivity contribution in [1.29, 1.82) is 0 Å². The molecule has 1 aromatic rings. The summed E-state index contributed by atoms with van der Waals surface area (Å²) in [6.07, 6.45) is -2.22. The third kappa shape index (κ3) is 3.73. The van der Waals surface area contributed by atoms with Crippen LogP contribution in [-0.4, -0.2) is 18.9 Å². The molecule has 0 aliphatic carbocycles. The number of benzene rings is 1. The molecule has 0 aliphatic heterocycles. The molecule has 18 heavy (non-hydrogen) atoms. The van der Waals surface area contributed by atoms with E-state index in [1.807, 2.05) is 0 Å². The fraction of sp³-hybridized carbons (Fsp3) is 0.167.